The van der Waals surface area contributed by atoms with E-state index in [-0.39, 0.29) is 6.47 Å². The molecule has 0 aliphatic carbocycles. The molecule has 0 fully saturated rings. The maximum atomic E-state index is 9.40. The molecule has 0 aliphatic rings. The van der Waals surface area contributed by atoms with Crippen LogP contribution in [-0.2, 0) is 9.53 Å². The zero-order valence-corrected chi connectivity index (χ0v) is 3.92. The normalized spacial score (nSPS) is 11.4. The summed E-state index contributed by atoms with van der Waals surface area (Å²) in [6.45, 7) is 1.75. The van der Waals surface area contributed by atoms with Crippen LogP contribution in [0.15, 0.2) is 0 Å². The molecule has 7 heavy (non-hydrogen) atoms. The summed E-state index contributed by atoms with van der Waals surface area (Å²) in [5.74, 6) is 0. The first kappa shape index (κ1) is 5.96. The van der Waals surface area contributed by atoms with E-state index in [0.717, 1.165) is 0 Å². The van der Waals surface area contributed by atoms with Gasteiger partial charge in [-0.3, -0.25) is 4.79 Å². The van der Waals surface area contributed by atoms with Gasteiger partial charge in [0, 0.05) is 0 Å². The molecule has 0 amide bonds. The van der Waals surface area contributed by atoms with Crippen LogP contribution in [0.3, 0.4) is 0 Å². The maximum Gasteiger partial charge on any atom is 0.294 e. The Morgan fingerprint density at radius 3 is 2.71 bits per heavy atom. The molecule has 0 spiro atoms. The highest BCUT2D eigenvalue weighted by molar-refractivity contribution is 5.37. The summed E-state index contributed by atoms with van der Waals surface area (Å²) in [7, 11) is 0. The maximum absolute atomic E-state index is 9.40. The van der Waals surface area contributed by atoms with E-state index < -0.39 is 6.10 Å². The SMILES string of the molecule is CC(C#N)OC=O. The van der Waals surface area contributed by atoms with E-state index in [9.17, 15) is 4.79 Å². The Bertz CT molecular complexity index is 94.4. The second kappa shape index (κ2) is 3.16. The molecular weight excluding hydrogens is 94.0 g/mol. The van der Waals surface area contributed by atoms with Crippen molar-refractivity contribution in [2.24, 2.45) is 0 Å². The van der Waals surface area contributed by atoms with Crippen LogP contribution in [0.5, 0.6) is 0 Å². The first-order valence-electron chi connectivity index (χ1n) is 1.80. The number of ether oxygens (including phenoxy) is 1. The van der Waals surface area contributed by atoms with Crippen LogP contribution in [0.4, 0.5) is 0 Å². The lowest BCUT2D eigenvalue weighted by atomic mass is 10.5. The van der Waals surface area contributed by atoms with E-state index in [0.29, 0.717) is 0 Å². The third-order valence-electron chi connectivity index (χ3n) is 0.441. The average Bonchev–Trinajstić information content (AvgIpc) is 1.68. The minimum atomic E-state index is -0.613. The van der Waals surface area contributed by atoms with Crippen LogP contribution >= 0.6 is 0 Å². The summed E-state index contributed by atoms with van der Waals surface area (Å²) in [5.41, 5.74) is 0. The van der Waals surface area contributed by atoms with Crippen molar-refractivity contribution in [3.05, 3.63) is 0 Å². The van der Waals surface area contributed by atoms with Crippen molar-refractivity contribution in [2.45, 2.75) is 13.0 Å². The highest BCUT2D eigenvalue weighted by atomic mass is 16.5. The van der Waals surface area contributed by atoms with E-state index >= 15 is 0 Å². The lowest BCUT2D eigenvalue weighted by Crippen LogP contribution is -2.01. The second-order valence-corrected chi connectivity index (χ2v) is 1.00. The van der Waals surface area contributed by atoms with Crippen LogP contribution in [0.1, 0.15) is 6.92 Å². The standard InChI is InChI=1S/C4H5NO2/c1-4(2-5)7-3-6/h3-4H,1H3. The van der Waals surface area contributed by atoms with Gasteiger partial charge in [-0.1, -0.05) is 0 Å². The first-order chi connectivity index (χ1) is 3.31. The third-order valence-corrected chi connectivity index (χ3v) is 0.441. The van der Waals surface area contributed by atoms with Crippen LogP contribution in [0.25, 0.3) is 0 Å². The Labute approximate surface area is 41.5 Å². The van der Waals surface area contributed by atoms with E-state index in [1.54, 1.807) is 6.07 Å². The topological polar surface area (TPSA) is 50.1 Å². The van der Waals surface area contributed by atoms with Gasteiger partial charge >= 0.3 is 0 Å². The quantitative estimate of drug-likeness (QED) is 0.460. The van der Waals surface area contributed by atoms with Crippen molar-refractivity contribution in [1.82, 2.24) is 0 Å². The fourth-order valence-corrected chi connectivity index (χ4v) is 0.114. The Morgan fingerprint density at radius 1 is 2.00 bits per heavy atom. The predicted molar refractivity (Wildman–Crippen MR) is 22.2 cm³/mol. The number of rotatable bonds is 2. The molecule has 0 aliphatic heterocycles. The van der Waals surface area contributed by atoms with Gasteiger partial charge in [-0.2, -0.15) is 5.26 Å². The molecule has 1 unspecified atom stereocenters. The van der Waals surface area contributed by atoms with Crippen molar-refractivity contribution >= 4 is 6.47 Å². The van der Waals surface area contributed by atoms with E-state index in [4.69, 9.17) is 5.26 Å². The van der Waals surface area contributed by atoms with Crippen molar-refractivity contribution in [3.8, 4) is 6.07 Å². The Morgan fingerprint density at radius 2 is 2.57 bits per heavy atom. The van der Waals surface area contributed by atoms with Gasteiger partial charge in [0.15, 0.2) is 6.10 Å². The van der Waals surface area contributed by atoms with E-state index in [1.807, 2.05) is 0 Å². The summed E-state index contributed by atoms with van der Waals surface area (Å²) >= 11 is 0. The summed E-state index contributed by atoms with van der Waals surface area (Å²) in [5, 5.41) is 7.93. The average molecular weight is 99.1 g/mol. The minimum Gasteiger partial charge on any atom is -0.449 e. The molecule has 0 aromatic heterocycles. The lowest BCUT2D eigenvalue weighted by Gasteiger charge is -1.93. The highest BCUT2D eigenvalue weighted by Gasteiger charge is 1.92. The molecule has 3 heteroatoms. The first-order valence-corrected chi connectivity index (χ1v) is 1.80. The van der Waals surface area contributed by atoms with Gasteiger partial charge in [0.1, 0.15) is 6.07 Å². The zero-order chi connectivity index (χ0) is 5.70. The molecule has 38 valence electrons. The zero-order valence-electron chi connectivity index (χ0n) is 3.92. The number of hydrogen-bond acceptors (Lipinski definition) is 3. The Balaban J connectivity index is 3.21. The summed E-state index contributed by atoms with van der Waals surface area (Å²) in [6.07, 6.45) is -0.613. The Hall–Kier alpha value is -1.04. The molecule has 0 aromatic carbocycles. The van der Waals surface area contributed by atoms with Gasteiger partial charge in [-0.15, -0.1) is 0 Å². The van der Waals surface area contributed by atoms with Gasteiger partial charge < -0.3 is 4.74 Å². The largest absolute Gasteiger partial charge is 0.449 e. The van der Waals surface area contributed by atoms with Crippen molar-refractivity contribution < 1.29 is 9.53 Å². The van der Waals surface area contributed by atoms with E-state index in [1.165, 1.54) is 6.92 Å². The molecule has 0 radical (unpaired) electrons. The van der Waals surface area contributed by atoms with Crippen molar-refractivity contribution in [1.29, 1.82) is 5.26 Å². The summed E-state index contributed by atoms with van der Waals surface area (Å²) in [4.78, 5) is 9.40. The number of nitriles is 1. The molecule has 0 bridgehead atoms. The molecule has 1 atom stereocenters. The number of hydrogen-bond donors (Lipinski definition) is 0. The van der Waals surface area contributed by atoms with Gasteiger partial charge in [0.25, 0.3) is 6.47 Å². The van der Waals surface area contributed by atoms with Crippen LogP contribution in [0.2, 0.25) is 0 Å². The molecule has 0 saturated carbocycles. The fourth-order valence-electron chi connectivity index (χ4n) is 0.114. The minimum absolute atomic E-state index is 0.258. The molecule has 0 aromatic rings. The third kappa shape index (κ3) is 2.77. The number of carbonyl (C=O) groups is 1. The van der Waals surface area contributed by atoms with Gasteiger partial charge in [0.05, 0.1) is 0 Å². The molecule has 3 nitrogen and oxygen atoms in total. The number of carbonyl (C=O) groups excluding carboxylic acids is 1. The molecule has 0 heterocycles. The van der Waals surface area contributed by atoms with Crippen molar-refractivity contribution in [2.75, 3.05) is 0 Å². The van der Waals surface area contributed by atoms with Gasteiger partial charge in [-0.05, 0) is 6.92 Å². The highest BCUT2D eigenvalue weighted by Crippen LogP contribution is 1.79. The number of nitrogens with zero attached hydrogens (tertiary/aromatic N) is 1. The van der Waals surface area contributed by atoms with Gasteiger partial charge in [-0.25, -0.2) is 0 Å². The predicted octanol–water partition coefficient (Wildman–Crippen LogP) is 0.0715. The lowest BCUT2D eigenvalue weighted by molar-refractivity contribution is -0.130. The monoisotopic (exact) mass is 99.0 g/mol. The molecule has 0 saturated heterocycles. The van der Waals surface area contributed by atoms with Crippen LogP contribution in [-0.4, -0.2) is 12.6 Å². The van der Waals surface area contributed by atoms with E-state index in [2.05, 4.69) is 4.74 Å². The molecule has 0 N–H and O–H groups in total. The van der Waals surface area contributed by atoms with Crippen molar-refractivity contribution in [3.63, 3.8) is 0 Å². The molecule has 0 rings (SSSR count). The molecular formula is C4H5NO2. The van der Waals surface area contributed by atoms with Crippen LogP contribution in [0, 0.1) is 11.3 Å². The smallest absolute Gasteiger partial charge is 0.294 e. The summed E-state index contributed by atoms with van der Waals surface area (Å²) in [6, 6.07) is 1.71. The summed E-state index contributed by atoms with van der Waals surface area (Å²) < 4.78 is 4.15. The second-order valence-electron chi connectivity index (χ2n) is 1.00. The fraction of sp³-hybridized carbons (Fsp3) is 0.500. The van der Waals surface area contributed by atoms with Crippen LogP contribution < -0.4 is 0 Å². The Kier molecular flexibility index (Phi) is 2.69. The van der Waals surface area contributed by atoms with Gasteiger partial charge in [0.2, 0.25) is 0 Å².